The number of ether oxygens (including phenoxy) is 1. The van der Waals surface area contributed by atoms with Crippen molar-refractivity contribution >= 4 is 5.91 Å². The number of hydrogen-bond acceptors (Lipinski definition) is 2. The maximum atomic E-state index is 12.2. The maximum Gasteiger partial charge on any atom is 0.222 e. The maximum absolute atomic E-state index is 12.2. The summed E-state index contributed by atoms with van der Waals surface area (Å²) in [5.74, 6) is 2.26. The van der Waals surface area contributed by atoms with Gasteiger partial charge in [0, 0.05) is 32.7 Å². The lowest BCUT2D eigenvalue weighted by atomic mass is 9.90. The summed E-state index contributed by atoms with van der Waals surface area (Å²) in [6.45, 7) is 8.11. The molecular weight excluding hydrogens is 214 g/mol. The van der Waals surface area contributed by atoms with Crippen molar-refractivity contribution in [1.29, 1.82) is 0 Å². The summed E-state index contributed by atoms with van der Waals surface area (Å²) < 4.78 is 5.34. The fraction of sp³-hybridized carbons (Fsp3) is 0.929. The van der Waals surface area contributed by atoms with Crippen LogP contribution in [-0.2, 0) is 9.53 Å². The van der Waals surface area contributed by atoms with Gasteiger partial charge < -0.3 is 9.64 Å². The Balaban J connectivity index is 1.81. The SMILES string of the molecule is CC1CC(C)CN(C(=O)CC2CCOCC2)C1. The molecule has 0 aromatic carbocycles. The third kappa shape index (κ3) is 3.70. The zero-order valence-corrected chi connectivity index (χ0v) is 11.2. The van der Waals surface area contributed by atoms with Gasteiger partial charge in [0.1, 0.15) is 0 Å². The third-order valence-corrected chi connectivity index (χ3v) is 4.03. The second-order valence-electron chi connectivity index (χ2n) is 6.00. The molecule has 17 heavy (non-hydrogen) atoms. The Labute approximate surface area is 105 Å². The molecule has 2 atom stereocenters. The van der Waals surface area contributed by atoms with E-state index in [1.54, 1.807) is 0 Å². The molecule has 2 aliphatic heterocycles. The summed E-state index contributed by atoms with van der Waals surface area (Å²) in [4.78, 5) is 14.3. The fourth-order valence-electron chi connectivity index (χ4n) is 3.19. The van der Waals surface area contributed by atoms with Crippen LogP contribution >= 0.6 is 0 Å². The predicted molar refractivity (Wildman–Crippen MR) is 67.7 cm³/mol. The number of carbonyl (C=O) groups excluding carboxylic acids is 1. The van der Waals surface area contributed by atoms with Crippen LogP contribution in [0.5, 0.6) is 0 Å². The first-order chi connectivity index (χ1) is 8.15. The highest BCUT2D eigenvalue weighted by atomic mass is 16.5. The van der Waals surface area contributed by atoms with Crippen LogP contribution in [0.2, 0.25) is 0 Å². The molecule has 2 fully saturated rings. The molecule has 2 saturated heterocycles. The van der Waals surface area contributed by atoms with Crippen molar-refractivity contribution in [2.75, 3.05) is 26.3 Å². The summed E-state index contributed by atoms with van der Waals surface area (Å²) in [5.41, 5.74) is 0. The first-order valence-corrected chi connectivity index (χ1v) is 7.00. The second kappa shape index (κ2) is 5.85. The van der Waals surface area contributed by atoms with E-state index in [0.29, 0.717) is 23.7 Å². The Kier molecular flexibility index (Phi) is 4.43. The Morgan fingerprint density at radius 3 is 2.35 bits per heavy atom. The topological polar surface area (TPSA) is 29.5 Å². The van der Waals surface area contributed by atoms with Crippen molar-refractivity contribution in [1.82, 2.24) is 4.90 Å². The smallest absolute Gasteiger partial charge is 0.222 e. The van der Waals surface area contributed by atoms with Crippen molar-refractivity contribution in [3.05, 3.63) is 0 Å². The number of carbonyl (C=O) groups is 1. The zero-order valence-electron chi connectivity index (χ0n) is 11.2. The van der Waals surface area contributed by atoms with E-state index in [1.807, 2.05) is 0 Å². The van der Waals surface area contributed by atoms with E-state index in [1.165, 1.54) is 6.42 Å². The van der Waals surface area contributed by atoms with E-state index >= 15 is 0 Å². The molecule has 2 unspecified atom stereocenters. The van der Waals surface area contributed by atoms with Crippen LogP contribution in [-0.4, -0.2) is 37.1 Å². The minimum absolute atomic E-state index is 0.371. The van der Waals surface area contributed by atoms with Gasteiger partial charge in [-0.05, 0) is 37.0 Å². The highest BCUT2D eigenvalue weighted by molar-refractivity contribution is 5.76. The minimum atomic E-state index is 0.371. The molecule has 0 radical (unpaired) electrons. The molecule has 0 aromatic rings. The van der Waals surface area contributed by atoms with Crippen molar-refractivity contribution in [3.63, 3.8) is 0 Å². The predicted octanol–water partition coefficient (Wildman–Crippen LogP) is 2.31. The van der Waals surface area contributed by atoms with Gasteiger partial charge in [-0.2, -0.15) is 0 Å². The van der Waals surface area contributed by atoms with Crippen molar-refractivity contribution in [3.8, 4) is 0 Å². The molecule has 0 N–H and O–H groups in total. The van der Waals surface area contributed by atoms with Crippen molar-refractivity contribution in [2.45, 2.75) is 39.5 Å². The van der Waals surface area contributed by atoms with Crippen molar-refractivity contribution in [2.24, 2.45) is 17.8 Å². The lowest BCUT2D eigenvalue weighted by Crippen LogP contribution is -2.43. The number of hydrogen-bond donors (Lipinski definition) is 0. The summed E-state index contributed by atoms with van der Waals surface area (Å²) in [6.07, 6.45) is 4.12. The molecule has 0 aromatic heterocycles. The highest BCUT2D eigenvalue weighted by Crippen LogP contribution is 2.24. The molecule has 0 aliphatic carbocycles. The van der Waals surface area contributed by atoms with Crippen LogP contribution in [0.25, 0.3) is 0 Å². The zero-order chi connectivity index (χ0) is 12.3. The van der Waals surface area contributed by atoms with Crippen LogP contribution < -0.4 is 0 Å². The number of rotatable bonds is 2. The minimum Gasteiger partial charge on any atom is -0.381 e. The molecule has 98 valence electrons. The standard InChI is InChI=1S/C14H25NO2/c1-11-7-12(2)10-15(9-11)14(16)8-13-3-5-17-6-4-13/h11-13H,3-10H2,1-2H3. The summed E-state index contributed by atoms with van der Waals surface area (Å²) >= 11 is 0. The number of piperidine rings is 1. The average molecular weight is 239 g/mol. The normalized spacial score (nSPS) is 31.5. The quantitative estimate of drug-likeness (QED) is 0.740. The van der Waals surface area contributed by atoms with E-state index in [4.69, 9.17) is 4.74 Å². The number of amides is 1. The van der Waals surface area contributed by atoms with Crippen LogP contribution in [0.3, 0.4) is 0 Å². The Hall–Kier alpha value is -0.570. The fourth-order valence-corrected chi connectivity index (χ4v) is 3.19. The number of likely N-dealkylation sites (tertiary alicyclic amines) is 1. The van der Waals surface area contributed by atoms with Gasteiger partial charge in [0.15, 0.2) is 0 Å². The second-order valence-corrected chi connectivity index (χ2v) is 6.00. The van der Waals surface area contributed by atoms with Gasteiger partial charge in [0.2, 0.25) is 5.91 Å². The Morgan fingerprint density at radius 2 is 1.76 bits per heavy atom. The first kappa shape index (κ1) is 12.9. The number of nitrogens with zero attached hydrogens (tertiary/aromatic N) is 1. The molecule has 2 heterocycles. The van der Waals surface area contributed by atoms with Gasteiger partial charge >= 0.3 is 0 Å². The van der Waals surface area contributed by atoms with Gasteiger partial charge in [0.05, 0.1) is 0 Å². The van der Waals surface area contributed by atoms with E-state index in [9.17, 15) is 4.79 Å². The van der Waals surface area contributed by atoms with Crippen molar-refractivity contribution < 1.29 is 9.53 Å². The molecule has 3 nitrogen and oxygen atoms in total. The van der Waals surface area contributed by atoms with Gasteiger partial charge in [-0.3, -0.25) is 4.79 Å². The molecule has 3 heteroatoms. The summed E-state index contributed by atoms with van der Waals surface area (Å²) in [5, 5.41) is 0. The lowest BCUT2D eigenvalue weighted by Gasteiger charge is -2.36. The summed E-state index contributed by atoms with van der Waals surface area (Å²) in [7, 11) is 0. The largest absolute Gasteiger partial charge is 0.381 e. The van der Waals surface area contributed by atoms with E-state index in [-0.39, 0.29) is 0 Å². The van der Waals surface area contributed by atoms with Gasteiger partial charge in [0.25, 0.3) is 0 Å². The van der Waals surface area contributed by atoms with Gasteiger partial charge in [-0.25, -0.2) is 0 Å². The third-order valence-electron chi connectivity index (χ3n) is 4.03. The highest BCUT2D eigenvalue weighted by Gasteiger charge is 2.27. The van der Waals surface area contributed by atoms with Crippen LogP contribution in [0, 0.1) is 17.8 Å². The Bertz CT molecular complexity index is 251. The molecule has 0 saturated carbocycles. The van der Waals surface area contributed by atoms with Crippen LogP contribution in [0.1, 0.15) is 39.5 Å². The molecule has 0 bridgehead atoms. The van der Waals surface area contributed by atoms with E-state index in [0.717, 1.165) is 45.6 Å². The lowest BCUT2D eigenvalue weighted by molar-refractivity contribution is -0.135. The van der Waals surface area contributed by atoms with E-state index in [2.05, 4.69) is 18.7 Å². The van der Waals surface area contributed by atoms with Crippen LogP contribution in [0.15, 0.2) is 0 Å². The Morgan fingerprint density at radius 1 is 1.18 bits per heavy atom. The van der Waals surface area contributed by atoms with Gasteiger partial charge in [-0.1, -0.05) is 13.8 Å². The average Bonchev–Trinajstić information content (AvgIpc) is 2.29. The van der Waals surface area contributed by atoms with Crippen LogP contribution in [0.4, 0.5) is 0 Å². The van der Waals surface area contributed by atoms with Gasteiger partial charge in [-0.15, -0.1) is 0 Å². The van der Waals surface area contributed by atoms with E-state index < -0.39 is 0 Å². The molecule has 0 spiro atoms. The molecular formula is C14H25NO2. The molecule has 1 amide bonds. The summed E-state index contributed by atoms with van der Waals surface area (Å²) in [6, 6.07) is 0. The monoisotopic (exact) mass is 239 g/mol. The molecule has 2 rings (SSSR count). The molecule has 2 aliphatic rings. The first-order valence-electron chi connectivity index (χ1n) is 7.00.